The number of sulfonamides is 1. The summed E-state index contributed by atoms with van der Waals surface area (Å²) in [6.07, 6.45) is 0.585. The largest absolute Gasteiger partial charge is 0.399 e. The Hall–Kier alpha value is -1.31. The molecule has 18 heavy (non-hydrogen) atoms. The van der Waals surface area contributed by atoms with Crippen LogP contribution >= 0.6 is 0 Å². The molecule has 1 aromatic carbocycles. The molecule has 1 aliphatic rings. The Balaban J connectivity index is 2.46. The number of benzene rings is 1. The number of β-amino-alcohol motifs (C(OH)–C–C–N with tert-alkyl or cyclic N) is 1. The van der Waals surface area contributed by atoms with E-state index in [2.05, 4.69) is 0 Å². The number of hydrogen-bond donors (Lipinski definition) is 3. The first-order valence-corrected chi connectivity index (χ1v) is 7.13. The molecule has 1 unspecified atom stereocenters. The van der Waals surface area contributed by atoms with Gasteiger partial charge in [0.1, 0.15) is 4.90 Å². The zero-order valence-electron chi connectivity index (χ0n) is 10.1. The van der Waals surface area contributed by atoms with Gasteiger partial charge in [-0.25, -0.2) is 13.6 Å². The molecule has 0 amide bonds. The topological polar surface area (TPSA) is 110 Å². The molecule has 7 heteroatoms. The fourth-order valence-corrected chi connectivity index (χ4v) is 2.96. The summed E-state index contributed by atoms with van der Waals surface area (Å²) in [5.41, 5.74) is 5.61. The Labute approximate surface area is 106 Å². The molecule has 1 aliphatic heterocycles. The Morgan fingerprint density at radius 1 is 1.44 bits per heavy atom. The molecule has 6 nitrogen and oxygen atoms in total. The Kier molecular flexibility index (Phi) is 3.00. The summed E-state index contributed by atoms with van der Waals surface area (Å²) in [5.74, 6) is 0. The van der Waals surface area contributed by atoms with E-state index >= 15 is 0 Å². The fraction of sp³-hybridized carbons (Fsp3) is 0.455. The SMILES string of the molecule is CC1(O)CCN(c2ccc(N)cc2S(N)(=O)=O)C1. The van der Waals surface area contributed by atoms with Crippen LogP contribution in [-0.2, 0) is 10.0 Å². The summed E-state index contributed by atoms with van der Waals surface area (Å²) in [5, 5.41) is 15.1. The Bertz CT molecular complexity index is 569. The van der Waals surface area contributed by atoms with Crippen molar-refractivity contribution in [2.75, 3.05) is 23.7 Å². The molecular weight excluding hydrogens is 254 g/mol. The second kappa shape index (κ2) is 4.11. The minimum atomic E-state index is -3.83. The van der Waals surface area contributed by atoms with Crippen LogP contribution in [0.1, 0.15) is 13.3 Å². The molecule has 0 radical (unpaired) electrons. The zero-order valence-corrected chi connectivity index (χ0v) is 10.9. The highest BCUT2D eigenvalue weighted by Crippen LogP contribution is 2.32. The molecule has 1 aromatic rings. The minimum absolute atomic E-state index is 0.000185. The number of aliphatic hydroxyl groups is 1. The van der Waals surface area contributed by atoms with Gasteiger partial charge in [-0.15, -0.1) is 0 Å². The fourth-order valence-electron chi connectivity index (χ4n) is 2.17. The average molecular weight is 271 g/mol. The summed E-state index contributed by atoms with van der Waals surface area (Å²) >= 11 is 0. The molecular formula is C11H17N3O3S. The number of nitrogens with zero attached hydrogens (tertiary/aromatic N) is 1. The highest BCUT2D eigenvalue weighted by molar-refractivity contribution is 7.89. The standard InChI is InChI=1S/C11H17N3O3S/c1-11(15)4-5-14(7-11)9-3-2-8(12)6-10(9)18(13,16)17/h2-3,6,15H,4-5,7,12H2,1H3,(H2,13,16,17). The van der Waals surface area contributed by atoms with Crippen LogP contribution < -0.4 is 15.8 Å². The molecule has 1 fully saturated rings. The van der Waals surface area contributed by atoms with Crippen molar-refractivity contribution in [3.05, 3.63) is 18.2 Å². The Morgan fingerprint density at radius 3 is 2.61 bits per heavy atom. The Morgan fingerprint density at radius 2 is 2.11 bits per heavy atom. The van der Waals surface area contributed by atoms with Gasteiger partial charge in [-0.05, 0) is 31.5 Å². The molecule has 0 saturated carbocycles. The van der Waals surface area contributed by atoms with Gasteiger partial charge in [0.05, 0.1) is 11.3 Å². The number of rotatable bonds is 2. The second-order valence-corrected chi connectivity index (χ2v) is 6.47. The van der Waals surface area contributed by atoms with Crippen molar-refractivity contribution in [2.24, 2.45) is 5.14 Å². The molecule has 2 rings (SSSR count). The number of anilines is 2. The van der Waals surface area contributed by atoms with Crippen LogP contribution in [0.25, 0.3) is 0 Å². The molecule has 1 heterocycles. The highest BCUT2D eigenvalue weighted by Gasteiger charge is 2.33. The highest BCUT2D eigenvalue weighted by atomic mass is 32.2. The first-order valence-electron chi connectivity index (χ1n) is 5.59. The van der Waals surface area contributed by atoms with Gasteiger partial charge in [0.2, 0.25) is 10.0 Å². The summed E-state index contributed by atoms with van der Waals surface area (Å²) < 4.78 is 23.1. The van der Waals surface area contributed by atoms with Crippen molar-refractivity contribution in [3.8, 4) is 0 Å². The molecule has 1 saturated heterocycles. The van der Waals surface area contributed by atoms with Crippen LogP contribution in [0.4, 0.5) is 11.4 Å². The smallest absolute Gasteiger partial charge is 0.240 e. The lowest BCUT2D eigenvalue weighted by Crippen LogP contribution is -2.30. The molecule has 1 atom stereocenters. The van der Waals surface area contributed by atoms with E-state index in [0.717, 1.165) is 0 Å². The van der Waals surface area contributed by atoms with Gasteiger partial charge in [0, 0.05) is 18.8 Å². The lowest BCUT2D eigenvalue weighted by Gasteiger charge is -2.23. The van der Waals surface area contributed by atoms with Gasteiger partial charge in [-0.3, -0.25) is 0 Å². The molecule has 0 spiro atoms. The van der Waals surface area contributed by atoms with Crippen LogP contribution in [0.15, 0.2) is 23.1 Å². The summed E-state index contributed by atoms with van der Waals surface area (Å²) in [7, 11) is -3.83. The summed E-state index contributed by atoms with van der Waals surface area (Å²) in [6.45, 7) is 2.68. The molecule has 0 aliphatic carbocycles. The van der Waals surface area contributed by atoms with Crippen LogP contribution in [0.3, 0.4) is 0 Å². The van der Waals surface area contributed by atoms with E-state index in [0.29, 0.717) is 30.9 Å². The van der Waals surface area contributed by atoms with E-state index in [9.17, 15) is 13.5 Å². The maximum Gasteiger partial charge on any atom is 0.240 e. The van der Waals surface area contributed by atoms with E-state index in [1.165, 1.54) is 6.07 Å². The van der Waals surface area contributed by atoms with Crippen LogP contribution in [-0.4, -0.2) is 32.2 Å². The maximum atomic E-state index is 11.6. The summed E-state index contributed by atoms with van der Waals surface area (Å²) in [4.78, 5) is 1.80. The average Bonchev–Trinajstić information content (AvgIpc) is 2.57. The molecule has 0 aromatic heterocycles. The van der Waals surface area contributed by atoms with Crippen LogP contribution in [0.5, 0.6) is 0 Å². The number of nitrogen functional groups attached to an aromatic ring is 1. The second-order valence-electron chi connectivity index (χ2n) is 4.94. The van der Waals surface area contributed by atoms with E-state index in [1.807, 2.05) is 0 Å². The van der Waals surface area contributed by atoms with Crippen molar-refractivity contribution < 1.29 is 13.5 Å². The predicted octanol–water partition coefficient (Wildman–Crippen LogP) is -0.123. The van der Waals surface area contributed by atoms with Crippen LogP contribution in [0.2, 0.25) is 0 Å². The van der Waals surface area contributed by atoms with Gasteiger partial charge in [-0.2, -0.15) is 0 Å². The maximum absolute atomic E-state index is 11.6. The molecule has 5 N–H and O–H groups in total. The van der Waals surface area contributed by atoms with Crippen molar-refractivity contribution in [2.45, 2.75) is 23.8 Å². The van der Waals surface area contributed by atoms with Gasteiger partial charge >= 0.3 is 0 Å². The molecule has 100 valence electrons. The van der Waals surface area contributed by atoms with Crippen molar-refractivity contribution in [1.29, 1.82) is 0 Å². The van der Waals surface area contributed by atoms with E-state index < -0.39 is 15.6 Å². The van der Waals surface area contributed by atoms with E-state index in [4.69, 9.17) is 10.9 Å². The van der Waals surface area contributed by atoms with Gasteiger partial charge in [-0.1, -0.05) is 0 Å². The first-order chi connectivity index (χ1) is 8.19. The van der Waals surface area contributed by atoms with E-state index in [-0.39, 0.29) is 4.90 Å². The minimum Gasteiger partial charge on any atom is -0.399 e. The van der Waals surface area contributed by atoms with Gasteiger partial charge in [0.25, 0.3) is 0 Å². The van der Waals surface area contributed by atoms with E-state index in [1.54, 1.807) is 24.0 Å². The summed E-state index contributed by atoms with van der Waals surface area (Å²) in [6, 6.07) is 4.59. The third-order valence-corrected chi connectivity index (χ3v) is 4.02. The quantitative estimate of drug-likeness (QED) is 0.649. The lowest BCUT2D eigenvalue weighted by molar-refractivity contribution is 0.0839. The third-order valence-electron chi connectivity index (χ3n) is 3.08. The molecule has 0 bridgehead atoms. The third kappa shape index (κ3) is 2.58. The van der Waals surface area contributed by atoms with Crippen molar-refractivity contribution >= 4 is 21.4 Å². The lowest BCUT2D eigenvalue weighted by atomic mass is 10.1. The van der Waals surface area contributed by atoms with Gasteiger partial charge in [0.15, 0.2) is 0 Å². The van der Waals surface area contributed by atoms with Crippen molar-refractivity contribution in [1.82, 2.24) is 0 Å². The normalized spacial score (nSPS) is 24.5. The van der Waals surface area contributed by atoms with Crippen LogP contribution in [0, 0.1) is 0 Å². The first kappa shape index (κ1) is 13.1. The number of hydrogen-bond acceptors (Lipinski definition) is 5. The predicted molar refractivity (Wildman–Crippen MR) is 69.7 cm³/mol. The van der Waals surface area contributed by atoms with Crippen molar-refractivity contribution in [3.63, 3.8) is 0 Å². The number of nitrogens with two attached hydrogens (primary N) is 2. The zero-order chi connectivity index (χ0) is 13.6. The monoisotopic (exact) mass is 271 g/mol. The van der Waals surface area contributed by atoms with Gasteiger partial charge < -0.3 is 15.7 Å². The number of primary sulfonamides is 1.